The zero-order chi connectivity index (χ0) is 11.8. The summed E-state index contributed by atoms with van der Waals surface area (Å²) in [4.78, 5) is 0. The smallest absolute Gasteiger partial charge is 0.122 e. The van der Waals surface area contributed by atoms with Crippen LogP contribution in [0.1, 0.15) is 24.3 Å². The fraction of sp³-hybridized carbons (Fsp3) is 0.571. The molecule has 17 heavy (non-hydrogen) atoms. The quantitative estimate of drug-likeness (QED) is 0.830. The second-order valence-corrected chi connectivity index (χ2v) is 5.12. The van der Waals surface area contributed by atoms with E-state index >= 15 is 0 Å². The third-order valence-corrected chi connectivity index (χ3v) is 4.40. The molecule has 0 aromatic heterocycles. The predicted molar refractivity (Wildman–Crippen MR) is 68.2 cm³/mol. The zero-order valence-electron chi connectivity index (χ0n) is 10.2. The van der Waals surface area contributed by atoms with Gasteiger partial charge in [-0.2, -0.15) is 0 Å². The van der Waals surface area contributed by atoms with Crippen LogP contribution in [-0.4, -0.2) is 25.7 Å². The van der Waals surface area contributed by atoms with Crippen molar-refractivity contribution < 1.29 is 4.74 Å². The zero-order valence-corrected chi connectivity index (χ0v) is 10.2. The van der Waals surface area contributed by atoms with E-state index in [-0.39, 0.29) is 0 Å². The maximum Gasteiger partial charge on any atom is 0.122 e. The van der Waals surface area contributed by atoms with Gasteiger partial charge in [-0.25, -0.2) is 0 Å². The highest BCUT2D eigenvalue weighted by molar-refractivity contribution is 5.39. The molecule has 1 aromatic rings. The molecule has 1 aromatic carbocycles. The topological polar surface area (TPSA) is 47.3 Å². The number of hydrogen-bond acceptors (Lipinski definition) is 3. The second kappa shape index (κ2) is 4.31. The normalized spacial score (nSPS) is 35.2. The van der Waals surface area contributed by atoms with E-state index in [1.807, 2.05) is 6.07 Å². The number of para-hydroxylation sites is 1. The number of rotatable bonds is 3. The van der Waals surface area contributed by atoms with Gasteiger partial charge in [0.1, 0.15) is 5.75 Å². The van der Waals surface area contributed by atoms with E-state index in [4.69, 9.17) is 10.5 Å². The lowest BCUT2D eigenvalue weighted by Gasteiger charge is -2.29. The first-order valence-electron chi connectivity index (χ1n) is 6.44. The summed E-state index contributed by atoms with van der Waals surface area (Å²) in [5.41, 5.74) is 7.28. The van der Waals surface area contributed by atoms with Crippen molar-refractivity contribution >= 4 is 0 Å². The van der Waals surface area contributed by atoms with E-state index in [1.54, 1.807) is 7.11 Å². The Kier molecular flexibility index (Phi) is 2.81. The average molecular weight is 232 g/mol. The third kappa shape index (κ3) is 1.65. The molecule has 0 saturated carbocycles. The van der Waals surface area contributed by atoms with Gasteiger partial charge < -0.3 is 15.8 Å². The number of nitrogens with one attached hydrogen (secondary N) is 1. The van der Waals surface area contributed by atoms with Crippen molar-refractivity contribution in [2.75, 3.05) is 13.7 Å². The molecule has 3 rings (SSSR count). The first-order chi connectivity index (χ1) is 8.35. The molecule has 2 heterocycles. The van der Waals surface area contributed by atoms with E-state index in [0.717, 1.165) is 12.3 Å². The van der Waals surface area contributed by atoms with Gasteiger partial charge in [-0.1, -0.05) is 18.2 Å². The van der Waals surface area contributed by atoms with Crippen LogP contribution in [0, 0.1) is 5.92 Å². The lowest BCUT2D eigenvalue weighted by Crippen LogP contribution is -2.32. The fourth-order valence-electron chi connectivity index (χ4n) is 3.67. The van der Waals surface area contributed by atoms with E-state index in [9.17, 15) is 0 Å². The largest absolute Gasteiger partial charge is 0.496 e. The standard InChI is InChI=1S/C14H20N2O/c1-17-13-5-3-2-4-9(13)14-10(8-15)11-6-7-12(14)16-11/h2-5,10-12,14,16H,6-8,15H2,1H3. The molecule has 3 heteroatoms. The Morgan fingerprint density at radius 2 is 2.06 bits per heavy atom. The van der Waals surface area contributed by atoms with Crippen LogP contribution in [0.2, 0.25) is 0 Å². The maximum absolute atomic E-state index is 5.96. The molecule has 4 atom stereocenters. The SMILES string of the molecule is COc1ccccc1C1C2CCC(N2)C1CN. The highest BCUT2D eigenvalue weighted by atomic mass is 16.5. The van der Waals surface area contributed by atoms with E-state index in [2.05, 4.69) is 23.5 Å². The number of nitrogens with two attached hydrogens (primary N) is 1. The van der Waals surface area contributed by atoms with Crippen LogP contribution >= 0.6 is 0 Å². The van der Waals surface area contributed by atoms with Crippen molar-refractivity contribution in [2.45, 2.75) is 30.8 Å². The molecular formula is C14H20N2O. The van der Waals surface area contributed by atoms with Crippen molar-refractivity contribution in [3.05, 3.63) is 29.8 Å². The summed E-state index contributed by atoms with van der Waals surface area (Å²) in [5.74, 6) is 2.09. The van der Waals surface area contributed by atoms with Crippen LogP contribution in [0.25, 0.3) is 0 Å². The summed E-state index contributed by atoms with van der Waals surface area (Å²) in [5, 5.41) is 3.69. The van der Waals surface area contributed by atoms with Crippen molar-refractivity contribution in [2.24, 2.45) is 11.7 Å². The van der Waals surface area contributed by atoms with Crippen LogP contribution in [-0.2, 0) is 0 Å². The van der Waals surface area contributed by atoms with E-state index in [1.165, 1.54) is 18.4 Å². The van der Waals surface area contributed by atoms with Gasteiger partial charge in [-0.05, 0) is 36.9 Å². The Morgan fingerprint density at radius 3 is 2.82 bits per heavy atom. The van der Waals surface area contributed by atoms with Gasteiger partial charge in [0.25, 0.3) is 0 Å². The minimum absolute atomic E-state index is 0.523. The highest BCUT2D eigenvalue weighted by Gasteiger charge is 2.47. The molecule has 2 saturated heterocycles. The van der Waals surface area contributed by atoms with Gasteiger partial charge in [0, 0.05) is 18.0 Å². The Morgan fingerprint density at radius 1 is 1.29 bits per heavy atom. The molecule has 0 aliphatic carbocycles. The summed E-state index contributed by atoms with van der Waals surface area (Å²) in [6.07, 6.45) is 2.54. The van der Waals surface area contributed by atoms with Crippen LogP contribution in [0.4, 0.5) is 0 Å². The third-order valence-electron chi connectivity index (χ3n) is 4.40. The molecule has 2 aliphatic heterocycles. The van der Waals surface area contributed by atoms with Crippen molar-refractivity contribution in [1.29, 1.82) is 0 Å². The summed E-state index contributed by atoms with van der Waals surface area (Å²) < 4.78 is 5.49. The van der Waals surface area contributed by atoms with Gasteiger partial charge in [0.05, 0.1) is 7.11 Å². The number of methoxy groups -OCH3 is 1. The molecule has 3 nitrogen and oxygen atoms in total. The maximum atomic E-state index is 5.96. The number of benzene rings is 1. The first kappa shape index (κ1) is 11.1. The minimum Gasteiger partial charge on any atom is -0.496 e. The number of ether oxygens (including phenoxy) is 1. The molecule has 3 N–H and O–H groups in total. The summed E-state index contributed by atoms with van der Waals surface area (Å²) >= 11 is 0. The molecule has 0 spiro atoms. The Balaban J connectivity index is 1.97. The molecule has 2 fully saturated rings. The predicted octanol–water partition coefficient (Wildman–Crippen LogP) is 1.49. The molecule has 2 bridgehead atoms. The van der Waals surface area contributed by atoms with Crippen LogP contribution in [0.15, 0.2) is 24.3 Å². The lowest BCUT2D eigenvalue weighted by atomic mass is 9.75. The highest BCUT2D eigenvalue weighted by Crippen LogP contribution is 2.46. The molecular weight excluding hydrogens is 212 g/mol. The average Bonchev–Trinajstić information content (AvgIpc) is 2.98. The van der Waals surface area contributed by atoms with E-state index < -0.39 is 0 Å². The molecule has 2 aliphatic rings. The molecule has 92 valence electrons. The summed E-state index contributed by atoms with van der Waals surface area (Å²) in [6.45, 7) is 0.761. The van der Waals surface area contributed by atoms with Gasteiger partial charge in [-0.3, -0.25) is 0 Å². The second-order valence-electron chi connectivity index (χ2n) is 5.12. The summed E-state index contributed by atoms with van der Waals surface area (Å²) in [6, 6.07) is 9.56. The van der Waals surface area contributed by atoms with Gasteiger partial charge >= 0.3 is 0 Å². The molecule has 4 unspecified atom stereocenters. The van der Waals surface area contributed by atoms with Crippen LogP contribution < -0.4 is 15.8 Å². The fourth-order valence-corrected chi connectivity index (χ4v) is 3.67. The van der Waals surface area contributed by atoms with Crippen LogP contribution in [0.3, 0.4) is 0 Å². The van der Waals surface area contributed by atoms with Gasteiger partial charge in [-0.15, -0.1) is 0 Å². The van der Waals surface area contributed by atoms with Gasteiger partial charge in [0.2, 0.25) is 0 Å². The van der Waals surface area contributed by atoms with Crippen molar-refractivity contribution in [3.8, 4) is 5.75 Å². The van der Waals surface area contributed by atoms with Crippen molar-refractivity contribution in [1.82, 2.24) is 5.32 Å². The minimum atomic E-state index is 0.523. The lowest BCUT2D eigenvalue weighted by molar-refractivity contribution is 0.347. The first-order valence-corrected chi connectivity index (χ1v) is 6.44. The molecule has 0 radical (unpaired) electrons. The monoisotopic (exact) mass is 232 g/mol. The summed E-state index contributed by atoms with van der Waals surface area (Å²) in [7, 11) is 1.75. The van der Waals surface area contributed by atoms with E-state index in [0.29, 0.717) is 23.9 Å². The Labute approximate surface area is 102 Å². The number of hydrogen-bond donors (Lipinski definition) is 2. The molecule has 0 amide bonds. The Hall–Kier alpha value is -1.06. The Bertz CT molecular complexity index is 407. The van der Waals surface area contributed by atoms with Crippen molar-refractivity contribution in [3.63, 3.8) is 0 Å². The number of fused-ring (bicyclic) bond motifs is 2. The van der Waals surface area contributed by atoms with Gasteiger partial charge in [0.15, 0.2) is 0 Å². The van der Waals surface area contributed by atoms with Crippen LogP contribution in [0.5, 0.6) is 5.75 Å².